The molecule has 5 heteroatoms. The van der Waals surface area contributed by atoms with E-state index in [1.807, 2.05) is 13.8 Å². The van der Waals surface area contributed by atoms with Gasteiger partial charge in [0.1, 0.15) is 11.5 Å². The minimum atomic E-state index is -0.233. The van der Waals surface area contributed by atoms with Crippen molar-refractivity contribution in [3.63, 3.8) is 0 Å². The van der Waals surface area contributed by atoms with E-state index >= 15 is 0 Å². The first-order valence-corrected chi connectivity index (χ1v) is 5.80. The van der Waals surface area contributed by atoms with E-state index in [4.69, 9.17) is 9.15 Å². The maximum Gasteiger partial charge on any atom is 0.319 e. The van der Waals surface area contributed by atoms with Crippen molar-refractivity contribution >= 4 is 17.7 Å². The molecule has 0 aromatic carbocycles. The standard InChI is InChI=1S/C10H15NO3S/c1-4-8(9(12)13-5-2)15-10-11-7(3)6-14-10/h6,8H,4-5H2,1-3H3/t8-/m0/s1. The highest BCUT2D eigenvalue weighted by Gasteiger charge is 2.21. The van der Waals surface area contributed by atoms with Gasteiger partial charge < -0.3 is 9.15 Å². The molecule has 0 radical (unpaired) electrons. The highest BCUT2D eigenvalue weighted by atomic mass is 32.2. The van der Waals surface area contributed by atoms with Crippen LogP contribution in [0.3, 0.4) is 0 Å². The van der Waals surface area contributed by atoms with Gasteiger partial charge in [0.05, 0.1) is 12.3 Å². The molecule has 84 valence electrons. The molecule has 0 amide bonds. The molecule has 0 saturated heterocycles. The molecule has 0 spiro atoms. The predicted octanol–water partition coefficient (Wildman–Crippen LogP) is 2.42. The monoisotopic (exact) mass is 229 g/mol. The van der Waals surface area contributed by atoms with Gasteiger partial charge in [0.2, 0.25) is 0 Å². The predicted molar refractivity (Wildman–Crippen MR) is 57.8 cm³/mol. The van der Waals surface area contributed by atoms with Crippen LogP contribution in [0.1, 0.15) is 26.0 Å². The van der Waals surface area contributed by atoms with E-state index in [0.29, 0.717) is 18.3 Å². The highest BCUT2D eigenvalue weighted by molar-refractivity contribution is 8.00. The number of ether oxygens (including phenoxy) is 1. The Hall–Kier alpha value is -0.970. The van der Waals surface area contributed by atoms with Gasteiger partial charge in [0, 0.05) is 0 Å². The molecule has 15 heavy (non-hydrogen) atoms. The number of carbonyl (C=O) groups is 1. The Morgan fingerprint density at radius 1 is 1.67 bits per heavy atom. The second kappa shape index (κ2) is 5.80. The molecular formula is C10H15NO3S. The molecule has 0 saturated carbocycles. The Morgan fingerprint density at radius 3 is 2.87 bits per heavy atom. The lowest BCUT2D eigenvalue weighted by molar-refractivity contribution is -0.142. The first-order chi connectivity index (χ1) is 7.17. The van der Waals surface area contributed by atoms with Gasteiger partial charge in [-0.15, -0.1) is 0 Å². The van der Waals surface area contributed by atoms with Gasteiger partial charge in [0.25, 0.3) is 5.22 Å². The molecule has 0 bridgehead atoms. The molecule has 1 atom stereocenters. The average Bonchev–Trinajstić information content (AvgIpc) is 2.61. The van der Waals surface area contributed by atoms with Crippen LogP contribution in [0, 0.1) is 6.92 Å². The van der Waals surface area contributed by atoms with Crippen LogP contribution < -0.4 is 0 Å². The number of esters is 1. The summed E-state index contributed by atoms with van der Waals surface area (Å²) in [5.41, 5.74) is 0.816. The Labute approximate surface area is 93.4 Å². The summed E-state index contributed by atoms with van der Waals surface area (Å²) in [7, 11) is 0. The SMILES string of the molecule is CCOC(=O)[C@H](CC)Sc1nc(C)co1. The topological polar surface area (TPSA) is 52.3 Å². The maximum atomic E-state index is 11.5. The molecule has 0 aliphatic rings. The van der Waals surface area contributed by atoms with Crippen LogP contribution in [-0.2, 0) is 9.53 Å². The number of rotatable bonds is 5. The zero-order valence-corrected chi connectivity index (χ0v) is 9.97. The summed E-state index contributed by atoms with van der Waals surface area (Å²) in [4.78, 5) is 15.6. The maximum absolute atomic E-state index is 11.5. The summed E-state index contributed by atoms with van der Waals surface area (Å²) in [6.45, 7) is 5.98. The molecule has 1 heterocycles. The molecule has 1 rings (SSSR count). The smallest absolute Gasteiger partial charge is 0.319 e. The minimum absolute atomic E-state index is 0.208. The third kappa shape index (κ3) is 3.58. The first-order valence-electron chi connectivity index (χ1n) is 4.92. The van der Waals surface area contributed by atoms with Gasteiger partial charge in [-0.1, -0.05) is 18.7 Å². The van der Waals surface area contributed by atoms with E-state index in [1.54, 1.807) is 13.2 Å². The summed E-state index contributed by atoms with van der Waals surface area (Å²) in [6, 6.07) is 0. The summed E-state index contributed by atoms with van der Waals surface area (Å²) in [6.07, 6.45) is 2.27. The fourth-order valence-electron chi connectivity index (χ4n) is 1.04. The van der Waals surface area contributed by atoms with Crippen LogP contribution in [0.25, 0.3) is 0 Å². The molecule has 0 fully saturated rings. The van der Waals surface area contributed by atoms with E-state index < -0.39 is 0 Å². The van der Waals surface area contributed by atoms with Gasteiger partial charge in [-0.3, -0.25) is 4.79 Å². The number of aryl methyl sites for hydroxylation is 1. The van der Waals surface area contributed by atoms with E-state index in [1.165, 1.54) is 11.8 Å². The third-order valence-electron chi connectivity index (χ3n) is 1.76. The van der Waals surface area contributed by atoms with Crippen LogP contribution in [0.5, 0.6) is 0 Å². The lowest BCUT2D eigenvalue weighted by Crippen LogP contribution is -2.19. The van der Waals surface area contributed by atoms with E-state index in [9.17, 15) is 4.79 Å². The zero-order chi connectivity index (χ0) is 11.3. The molecule has 0 aliphatic carbocycles. The normalized spacial score (nSPS) is 12.5. The number of nitrogens with zero attached hydrogens (tertiary/aromatic N) is 1. The van der Waals surface area contributed by atoms with E-state index in [2.05, 4.69) is 4.98 Å². The van der Waals surface area contributed by atoms with E-state index in [-0.39, 0.29) is 11.2 Å². The molecule has 4 nitrogen and oxygen atoms in total. The van der Waals surface area contributed by atoms with E-state index in [0.717, 1.165) is 5.69 Å². The van der Waals surface area contributed by atoms with Gasteiger partial charge in [-0.25, -0.2) is 4.98 Å². The number of hydrogen-bond acceptors (Lipinski definition) is 5. The quantitative estimate of drug-likeness (QED) is 0.573. The minimum Gasteiger partial charge on any atom is -0.465 e. The van der Waals surface area contributed by atoms with Crippen molar-refractivity contribution in [1.29, 1.82) is 0 Å². The average molecular weight is 229 g/mol. The fourth-order valence-corrected chi connectivity index (χ4v) is 1.92. The zero-order valence-electron chi connectivity index (χ0n) is 9.15. The molecule has 1 aromatic heterocycles. The number of carbonyl (C=O) groups excluding carboxylic acids is 1. The van der Waals surface area contributed by atoms with Crippen molar-refractivity contribution in [3.05, 3.63) is 12.0 Å². The second-order valence-electron chi connectivity index (χ2n) is 3.02. The largest absolute Gasteiger partial charge is 0.465 e. The molecule has 0 unspecified atom stereocenters. The van der Waals surface area contributed by atoms with Crippen LogP contribution in [-0.4, -0.2) is 22.8 Å². The van der Waals surface area contributed by atoms with Crippen LogP contribution in [0.2, 0.25) is 0 Å². The Kier molecular flexibility index (Phi) is 4.68. The van der Waals surface area contributed by atoms with Crippen molar-refractivity contribution in [1.82, 2.24) is 4.98 Å². The van der Waals surface area contributed by atoms with Crippen LogP contribution in [0.4, 0.5) is 0 Å². The van der Waals surface area contributed by atoms with Crippen LogP contribution in [0.15, 0.2) is 15.9 Å². The Bertz CT molecular complexity index is 324. The second-order valence-corrected chi connectivity index (χ2v) is 4.18. The van der Waals surface area contributed by atoms with Crippen molar-refractivity contribution in [2.24, 2.45) is 0 Å². The number of thioether (sulfide) groups is 1. The lowest BCUT2D eigenvalue weighted by Gasteiger charge is -2.10. The summed E-state index contributed by atoms with van der Waals surface area (Å²) >= 11 is 1.31. The molecule has 0 aliphatic heterocycles. The van der Waals surface area contributed by atoms with Gasteiger partial charge in [-0.2, -0.15) is 0 Å². The fraction of sp³-hybridized carbons (Fsp3) is 0.600. The Balaban J connectivity index is 2.57. The van der Waals surface area contributed by atoms with Crippen molar-refractivity contribution in [2.45, 2.75) is 37.7 Å². The summed E-state index contributed by atoms with van der Waals surface area (Å²) < 4.78 is 10.1. The number of hydrogen-bond donors (Lipinski definition) is 0. The van der Waals surface area contributed by atoms with Gasteiger partial charge >= 0.3 is 5.97 Å². The van der Waals surface area contributed by atoms with Crippen molar-refractivity contribution in [2.75, 3.05) is 6.61 Å². The molecular weight excluding hydrogens is 214 g/mol. The lowest BCUT2D eigenvalue weighted by atomic mass is 10.3. The third-order valence-corrected chi connectivity index (χ3v) is 2.96. The number of aromatic nitrogens is 1. The highest BCUT2D eigenvalue weighted by Crippen LogP contribution is 2.25. The molecule has 0 N–H and O–H groups in total. The van der Waals surface area contributed by atoms with Crippen molar-refractivity contribution < 1.29 is 13.9 Å². The van der Waals surface area contributed by atoms with Crippen LogP contribution >= 0.6 is 11.8 Å². The summed E-state index contributed by atoms with van der Waals surface area (Å²) in [5.74, 6) is -0.208. The van der Waals surface area contributed by atoms with Gasteiger partial charge in [0.15, 0.2) is 0 Å². The van der Waals surface area contributed by atoms with Crippen molar-refractivity contribution in [3.8, 4) is 0 Å². The Morgan fingerprint density at radius 2 is 2.40 bits per heavy atom. The number of oxazole rings is 1. The molecule has 1 aromatic rings. The first kappa shape index (κ1) is 12.1. The summed E-state index contributed by atoms with van der Waals surface area (Å²) in [5, 5.41) is 0.287. The van der Waals surface area contributed by atoms with Gasteiger partial charge in [-0.05, 0) is 20.3 Å².